The third kappa shape index (κ3) is 39.2. The maximum absolute atomic E-state index is 8.62. The number of aliphatic hydroxyl groups excluding tert-OH is 1. The summed E-state index contributed by atoms with van der Waals surface area (Å²) in [5, 5.41) is 8.62. The first-order valence-electron chi connectivity index (χ1n) is 35.3. The van der Waals surface area contributed by atoms with Crippen molar-refractivity contribution in [2.24, 2.45) is 46.3 Å². The van der Waals surface area contributed by atoms with Gasteiger partial charge in [-0.3, -0.25) is 0 Å². The van der Waals surface area contributed by atoms with Crippen LogP contribution in [0.25, 0.3) is 0 Å². The van der Waals surface area contributed by atoms with Crippen molar-refractivity contribution in [3.8, 4) is 0 Å². The normalized spacial score (nSPS) is 22.6. The van der Waals surface area contributed by atoms with Gasteiger partial charge in [-0.2, -0.15) is 0 Å². The maximum atomic E-state index is 8.62. The molecule has 0 aromatic carbocycles. The predicted octanol–water partition coefficient (Wildman–Crippen LogP) is 7.74. The van der Waals surface area contributed by atoms with Gasteiger partial charge in [-0.05, 0) is 97.7 Å². The quantitative estimate of drug-likeness (QED) is 0.0455. The molecular weight excluding hydrogens is 1180 g/mol. The zero-order valence-corrected chi connectivity index (χ0v) is 57.6. The van der Waals surface area contributed by atoms with Crippen molar-refractivity contribution in [3.63, 3.8) is 0 Å². The predicted molar refractivity (Wildman–Crippen MR) is 346 cm³/mol. The van der Waals surface area contributed by atoms with Crippen molar-refractivity contribution in [2.75, 3.05) is 277 Å². The molecule has 0 aromatic rings. The monoisotopic (exact) mass is 1310 g/mol. The molecular formula is C69H130O22. The fourth-order valence-electron chi connectivity index (χ4n) is 13.4. The minimum Gasteiger partial charge on any atom is -0.394 e. The highest BCUT2D eigenvalue weighted by molar-refractivity contribution is 5.25. The van der Waals surface area contributed by atoms with E-state index >= 15 is 0 Å². The van der Waals surface area contributed by atoms with Crippen molar-refractivity contribution in [1.29, 1.82) is 0 Å². The summed E-state index contributed by atoms with van der Waals surface area (Å²) in [7, 11) is 0. The molecule has 0 aromatic heterocycles. The summed E-state index contributed by atoms with van der Waals surface area (Å²) < 4.78 is 117. The Bertz CT molecular complexity index is 1640. The van der Waals surface area contributed by atoms with E-state index in [1.165, 1.54) is 64.2 Å². The SMILES string of the molecule is CC(C)CCC[C@@H](C)[C@H]1CC[C@H]2[C@@H]3CC=C4C[C@@H](OCCOCCOCCOCCOCCOCCOCCOCCOCCOCCOCCOCCOCCOCCOCCOCCOCCOCCOCCOCCOCCO)CC[C@]4(C)[C@H]3CC[C@]12C. The Balaban J connectivity index is 0.746. The standard InChI is InChI=1S/C69H130O22/c1-60(2)7-6-8-61(3)65-11-12-66-64-10-9-62-59-63(13-15-68(62,4)67(64)14-16-69(65,66)5)91-58-57-90-56-55-89-54-53-88-52-51-87-50-49-86-48-47-85-46-45-84-44-43-83-42-41-82-40-39-81-38-37-80-36-35-79-34-33-78-32-31-77-30-29-76-28-27-75-26-25-74-24-23-73-22-21-72-20-19-71-18-17-70/h9,60-61,63-67,70H,6-8,10-59H2,1-5H3/t61-,63+,64+,65-,66+,67+,68+,69-/m1/s1. The molecule has 3 fully saturated rings. The Labute approximate surface area is 549 Å². The van der Waals surface area contributed by atoms with Gasteiger partial charge in [0.15, 0.2) is 0 Å². The van der Waals surface area contributed by atoms with Gasteiger partial charge in [-0.1, -0.05) is 65.5 Å². The lowest BCUT2D eigenvalue weighted by molar-refractivity contribution is -0.0692. The zero-order chi connectivity index (χ0) is 64.7. The maximum Gasteiger partial charge on any atom is 0.0704 e. The first kappa shape index (κ1) is 82.3. The van der Waals surface area contributed by atoms with Gasteiger partial charge in [-0.15, -0.1) is 0 Å². The molecule has 4 rings (SSSR count). The van der Waals surface area contributed by atoms with Gasteiger partial charge >= 0.3 is 0 Å². The Kier molecular flexibility index (Phi) is 51.4. The van der Waals surface area contributed by atoms with Crippen LogP contribution in [-0.2, 0) is 99.5 Å². The molecule has 8 atom stereocenters. The van der Waals surface area contributed by atoms with Crippen molar-refractivity contribution in [1.82, 2.24) is 0 Å². The molecule has 91 heavy (non-hydrogen) atoms. The van der Waals surface area contributed by atoms with Crippen LogP contribution < -0.4 is 0 Å². The molecule has 4 aliphatic carbocycles. The third-order valence-corrected chi connectivity index (χ3v) is 18.1. The summed E-state index contributed by atoms with van der Waals surface area (Å²) in [6.45, 7) is 33.2. The van der Waals surface area contributed by atoms with E-state index < -0.39 is 0 Å². The second-order valence-electron chi connectivity index (χ2n) is 25.0. The largest absolute Gasteiger partial charge is 0.394 e. The molecule has 22 heteroatoms. The van der Waals surface area contributed by atoms with Crippen LogP contribution in [0, 0.1) is 46.3 Å². The van der Waals surface area contributed by atoms with E-state index in [-0.39, 0.29) is 6.61 Å². The average molecular weight is 1310 g/mol. The Morgan fingerprint density at radius 3 is 0.978 bits per heavy atom. The summed E-state index contributed by atoms with van der Waals surface area (Å²) >= 11 is 0. The van der Waals surface area contributed by atoms with Crippen molar-refractivity contribution < 1.29 is 105 Å². The first-order chi connectivity index (χ1) is 44.8. The molecule has 3 saturated carbocycles. The van der Waals surface area contributed by atoms with Crippen LogP contribution in [0.15, 0.2) is 11.6 Å². The van der Waals surface area contributed by atoms with Gasteiger partial charge in [-0.25, -0.2) is 0 Å². The summed E-state index contributed by atoms with van der Waals surface area (Å²) in [4.78, 5) is 0. The molecule has 0 radical (unpaired) electrons. The van der Waals surface area contributed by atoms with Crippen LogP contribution in [0.2, 0.25) is 0 Å². The second-order valence-corrected chi connectivity index (χ2v) is 25.0. The molecule has 0 spiro atoms. The molecule has 4 aliphatic rings. The fraction of sp³-hybridized carbons (Fsp3) is 0.971. The topological polar surface area (TPSA) is 214 Å². The van der Waals surface area contributed by atoms with E-state index in [1.54, 1.807) is 5.57 Å². The lowest BCUT2D eigenvalue weighted by Crippen LogP contribution is -2.51. The number of hydrogen-bond acceptors (Lipinski definition) is 22. The smallest absolute Gasteiger partial charge is 0.0704 e. The number of hydrogen-bond donors (Lipinski definition) is 1. The number of ether oxygens (including phenoxy) is 21. The summed E-state index contributed by atoms with van der Waals surface area (Å²) in [5.41, 5.74) is 2.60. The van der Waals surface area contributed by atoms with Crippen LogP contribution in [-0.4, -0.2) is 289 Å². The van der Waals surface area contributed by atoms with Gasteiger partial charge in [0.05, 0.1) is 284 Å². The van der Waals surface area contributed by atoms with E-state index in [1.807, 2.05) is 0 Å². The molecule has 0 aliphatic heterocycles. The third-order valence-electron chi connectivity index (χ3n) is 18.1. The summed E-state index contributed by atoms with van der Waals surface area (Å²) in [5.74, 6) is 5.24. The highest BCUT2D eigenvalue weighted by Gasteiger charge is 2.59. The van der Waals surface area contributed by atoms with Crippen LogP contribution in [0.3, 0.4) is 0 Å². The molecule has 0 bridgehead atoms. The first-order valence-corrected chi connectivity index (χ1v) is 35.3. The van der Waals surface area contributed by atoms with Crippen molar-refractivity contribution >= 4 is 0 Å². The minimum atomic E-state index is 0.0195. The highest BCUT2D eigenvalue weighted by Crippen LogP contribution is 2.67. The van der Waals surface area contributed by atoms with Crippen LogP contribution in [0.4, 0.5) is 0 Å². The molecule has 0 heterocycles. The van der Waals surface area contributed by atoms with Crippen LogP contribution in [0.5, 0.6) is 0 Å². The Morgan fingerprint density at radius 1 is 0.363 bits per heavy atom. The number of aliphatic hydroxyl groups is 1. The zero-order valence-electron chi connectivity index (χ0n) is 57.6. The Morgan fingerprint density at radius 2 is 0.670 bits per heavy atom. The molecule has 1 N–H and O–H groups in total. The Hall–Kier alpha value is -1.14. The summed E-state index contributed by atoms with van der Waals surface area (Å²) in [6, 6.07) is 0. The highest BCUT2D eigenvalue weighted by atomic mass is 16.6. The van der Waals surface area contributed by atoms with E-state index in [0.29, 0.717) is 288 Å². The number of rotatable bonds is 68. The molecule has 0 amide bonds. The van der Waals surface area contributed by atoms with Crippen molar-refractivity contribution in [2.45, 2.75) is 111 Å². The van der Waals surface area contributed by atoms with E-state index in [0.717, 1.165) is 41.9 Å². The van der Waals surface area contributed by atoms with Crippen molar-refractivity contribution in [3.05, 3.63) is 11.6 Å². The van der Waals surface area contributed by atoms with Crippen LogP contribution >= 0.6 is 0 Å². The molecule has 0 unspecified atom stereocenters. The molecule has 22 nitrogen and oxygen atoms in total. The number of fused-ring (bicyclic) bond motifs is 5. The average Bonchev–Trinajstić information content (AvgIpc) is 1.70. The second kappa shape index (κ2) is 56.8. The molecule has 0 saturated heterocycles. The fourth-order valence-corrected chi connectivity index (χ4v) is 13.4. The molecule has 538 valence electrons. The van der Waals surface area contributed by atoms with E-state index in [4.69, 9.17) is 105 Å². The van der Waals surface area contributed by atoms with Crippen LogP contribution in [0.1, 0.15) is 105 Å². The van der Waals surface area contributed by atoms with Gasteiger partial charge in [0.25, 0.3) is 0 Å². The van der Waals surface area contributed by atoms with Gasteiger partial charge in [0, 0.05) is 0 Å². The van der Waals surface area contributed by atoms with Gasteiger partial charge in [0.2, 0.25) is 0 Å². The lowest BCUT2D eigenvalue weighted by Gasteiger charge is -2.58. The lowest BCUT2D eigenvalue weighted by atomic mass is 9.47. The minimum absolute atomic E-state index is 0.0195. The van der Waals surface area contributed by atoms with E-state index in [2.05, 4.69) is 40.7 Å². The summed E-state index contributed by atoms with van der Waals surface area (Å²) in [6.07, 6.45) is 17.8. The van der Waals surface area contributed by atoms with Gasteiger partial charge in [0.1, 0.15) is 0 Å². The van der Waals surface area contributed by atoms with E-state index in [9.17, 15) is 0 Å². The number of allylic oxidation sites excluding steroid dienone is 1. The van der Waals surface area contributed by atoms with Gasteiger partial charge < -0.3 is 105 Å².